The lowest BCUT2D eigenvalue weighted by Gasteiger charge is -2.45. The lowest BCUT2D eigenvalue weighted by molar-refractivity contribution is -0.339. The van der Waals surface area contributed by atoms with E-state index in [2.05, 4.69) is 13.8 Å². The van der Waals surface area contributed by atoms with Gasteiger partial charge in [0.15, 0.2) is 12.6 Å². The number of hydrogen-bond donors (Lipinski definition) is 0. The summed E-state index contributed by atoms with van der Waals surface area (Å²) in [6.45, 7) is 6.51. The van der Waals surface area contributed by atoms with Gasteiger partial charge in [-0.1, -0.05) is 87.4 Å². The minimum Gasteiger partial charge on any atom is -0.373 e. The number of rotatable bonds is 11. The third-order valence-corrected chi connectivity index (χ3v) is 6.24. The average molecular weight is 471 g/mol. The van der Waals surface area contributed by atoms with E-state index in [0.717, 1.165) is 36.8 Å². The van der Waals surface area contributed by atoms with E-state index in [1.165, 1.54) is 0 Å². The Morgan fingerprint density at radius 3 is 1.44 bits per heavy atom. The van der Waals surface area contributed by atoms with Crippen molar-refractivity contribution in [1.82, 2.24) is 0 Å². The second-order valence-electron chi connectivity index (χ2n) is 8.88. The summed E-state index contributed by atoms with van der Waals surface area (Å²) in [5, 5.41) is 0. The fourth-order valence-electron chi connectivity index (χ4n) is 4.29. The van der Waals surface area contributed by atoms with Crippen molar-refractivity contribution >= 4 is 0 Å². The molecule has 0 amide bonds. The van der Waals surface area contributed by atoms with Gasteiger partial charge in [-0.2, -0.15) is 0 Å². The van der Waals surface area contributed by atoms with E-state index < -0.39 is 12.6 Å². The highest BCUT2D eigenvalue weighted by atomic mass is 16.7. The van der Waals surface area contributed by atoms with Gasteiger partial charge < -0.3 is 28.4 Å². The quantitative estimate of drug-likeness (QED) is 0.399. The summed E-state index contributed by atoms with van der Waals surface area (Å²) in [4.78, 5) is 0. The SMILES string of the molecule is CCCCO[C@H]1CO[C@@H](c2ccccc2)OC1C1O[C@H](c2ccccc2)OC[C@@H]1OCCCC. The lowest BCUT2D eigenvalue weighted by atomic mass is 10.00. The van der Waals surface area contributed by atoms with Crippen molar-refractivity contribution in [2.75, 3.05) is 26.4 Å². The van der Waals surface area contributed by atoms with Gasteiger partial charge in [0.25, 0.3) is 0 Å². The second kappa shape index (κ2) is 13.3. The second-order valence-corrected chi connectivity index (χ2v) is 8.88. The molecule has 0 saturated carbocycles. The van der Waals surface area contributed by atoms with Gasteiger partial charge in [-0.3, -0.25) is 0 Å². The van der Waals surface area contributed by atoms with E-state index in [1.54, 1.807) is 0 Å². The summed E-state index contributed by atoms with van der Waals surface area (Å²) < 4.78 is 37.9. The van der Waals surface area contributed by atoms with Gasteiger partial charge in [0, 0.05) is 24.3 Å². The molecule has 2 fully saturated rings. The number of ether oxygens (including phenoxy) is 6. The van der Waals surface area contributed by atoms with E-state index in [4.69, 9.17) is 28.4 Å². The molecule has 2 heterocycles. The third-order valence-electron chi connectivity index (χ3n) is 6.24. The van der Waals surface area contributed by atoms with Crippen LogP contribution in [0, 0.1) is 0 Å². The molecule has 6 heteroatoms. The minimum absolute atomic E-state index is 0.247. The smallest absolute Gasteiger partial charge is 0.184 e. The molecule has 34 heavy (non-hydrogen) atoms. The number of hydrogen-bond acceptors (Lipinski definition) is 6. The van der Waals surface area contributed by atoms with Crippen molar-refractivity contribution in [3.8, 4) is 0 Å². The Labute approximate surface area is 203 Å². The Balaban J connectivity index is 1.56. The predicted molar refractivity (Wildman–Crippen MR) is 129 cm³/mol. The van der Waals surface area contributed by atoms with E-state index in [0.29, 0.717) is 26.4 Å². The topological polar surface area (TPSA) is 55.4 Å². The van der Waals surface area contributed by atoms with Crippen LogP contribution in [-0.4, -0.2) is 50.8 Å². The molecule has 0 aromatic heterocycles. The normalized spacial score (nSPS) is 29.7. The van der Waals surface area contributed by atoms with Gasteiger partial charge in [-0.05, 0) is 12.8 Å². The Bertz CT molecular complexity index is 747. The molecule has 4 rings (SSSR count). The van der Waals surface area contributed by atoms with Crippen LogP contribution in [0.3, 0.4) is 0 Å². The van der Waals surface area contributed by atoms with E-state index in [1.807, 2.05) is 60.7 Å². The van der Waals surface area contributed by atoms with Crippen molar-refractivity contribution in [1.29, 1.82) is 0 Å². The van der Waals surface area contributed by atoms with Crippen LogP contribution in [0.4, 0.5) is 0 Å². The van der Waals surface area contributed by atoms with E-state index in [9.17, 15) is 0 Å². The van der Waals surface area contributed by atoms with Crippen molar-refractivity contribution in [3.63, 3.8) is 0 Å². The summed E-state index contributed by atoms with van der Waals surface area (Å²) in [6.07, 6.45) is 1.97. The molecule has 186 valence electrons. The average Bonchev–Trinajstić information content (AvgIpc) is 2.90. The van der Waals surface area contributed by atoms with Gasteiger partial charge in [0.2, 0.25) is 0 Å². The molecule has 2 aromatic rings. The van der Waals surface area contributed by atoms with Gasteiger partial charge >= 0.3 is 0 Å². The van der Waals surface area contributed by atoms with E-state index in [-0.39, 0.29) is 24.4 Å². The first kappa shape index (κ1) is 25.3. The molecule has 0 aliphatic carbocycles. The zero-order valence-electron chi connectivity index (χ0n) is 20.3. The van der Waals surface area contributed by atoms with Gasteiger partial charge in [0.05, 0.1) is 13.2 Å². The van der Waals surface area contributed by atoms with Gasteiger partial charge in [-0.15, -0.1) is 0 Å². The van der Waals surface area contributed by atoms with Crippen LogP contribution in [-0.2, 0) is 28.4 Å². The highest BCUT2D eigenvalue weighted by Gasteiger charge is 2.46. The molecule has 2 saturated heterocycles. The first-order valence-corrected chi connectivity index (χ1v) is 12.7. The minimum atomic E-state index is -0.477. The Morgan fingerprint density at radius 1 is 0.647 bits per heavy atom. The highest BCUT2D eigenvalue weighted by molar-refractivity contribution is 5.18. The summed E-state index contributed by atoms with van der Waals surface area (Å²) in [7, 11) is 0. The molecule has 6 atom stereocenters. The predicted octanol–water partition coefficient (Wildman–Crippen LogP) is 5.59. The van der Waals surface area contributed by atoms with Gasteiger partial charge in [0.1, 0.15) is 24.4 Å². The molecule has 0 radical (unpaired) electrons. The molecule has 2 aliphatic rings. The zero-order valence-corrected chi connectivity index (χ0v) is 20.3. The molecule has 0 N–H and O–H groups in total. The van der Waals surface area contributed by atoms with Crippen LogP contribution in [0.5, 0.6) is 0 Å². The maximum Gasteiger partial charge on any atom is 0.184 e. The van der Waals surface area contributed by atoms with Crippen LogP contribution < -0.4 is 0 Å². The van der Waals surface area contributed by atoms with Gasteiger partial charge in [-0.25, -0.2) is 0 Å². The molecule has 0 bridgehead atoms. The van der Waals surface area contributed by atoms with Crippen molar-refractivity contribution in [3.05, 3.63) is 71.8 Å². The molecule has 2 aromatic carbocycles. The van der Waals surface area contributed by atoms with Crippen LogP contribution in [0.25, 0.3) is 0 Å². The number of unbranched alkanes of at least 4 members (excludes halogenated alkanes) is 2. The van der Waals surface area contributed by atoms with Crippen molar-refractivity contribution < 1.29 is 28.4 Å². The summed E-state index contributed by atoms with van der Waals surface area (Å²) in [5.74, 6) is 0. The largest absolute Gasteiger partial charge is 0.373 e. The molecular weight excluding hydrogens is 432 g/mol. The Morgan fingerprint density at radius 2 is 1.06 bits per heavy atom. The molecule has 2 unspecified atom stereocenters. The van der Waals surface area contributed by atoms with Crippen molar-refractivity contribution in [2.24, 2.45) is 0 Å². The first-order valence-electron chi connectivity index (χ1n) is 12.7. The molecular formula is C28H38O6. The Hall–Kier alpha value is -1.80. The first-order chi connectivity index (χ1) is 16.8. The fourth-order valence-corrected chi connectivity index (χ4v) is 4.29. The third kappa shape index (κ3) is 6.66. The molecule has 6 nitrogen and oxygen atoms in total. The zero-order chi connectivity index (χ0) is 23.6. The summed E-state index contributed by atoms with van der Waals surface area (Å²) in [5.41, 5.74) is 1.96. The van der Waals surface area contributed by atoms with Crippen LogP contribution in [0.15, 0.2) is 60.7 Å². The molecule has 0 spiro atoms. The van der Waals surface area contributed by atoms with Crippen LogP contribution in [0.1, 0.15) is 63.2 Å². The molecule has 2 aliphatic heterocycles. The van der Waals surface area contributed by atoms with E-state index >= 15 is 0 Å². The maximum absolute atomic E-state index is 6.57. The fraction of sp³-hybridized carbons (Fsp3) is 0.571. The maximum atomic E-state index is 6.57. The van der Waals surface area contributed by atoms with Crippen molar-refractivity contribution in [2.45, 2.75) is 76.5 Å². The monoisotopic (exact) mass is 470 g/mol. The number of benzene rings is 2. The van der Waals surface area contributed by atoms with Crippen LogP contribution >= 0.6 is 0 Å². The highest BCUT2D eigenvalue weighted by Crippen LogP contribution is 2.36. The van der Waals surface area contributed by atoms with Crippen LogP contribution in [0.2, 0.25) is 0 Å². The Kier molecular flexibility index (Phi) is 9.92. The summed E-state index contributed by atoms with van der Waals surface area (Å²) in [6, 6.07) is 20.0. The summed E-state index contributed by atoms with van der Waals surface area (Å²) >= 11 is 0. The lowest BCUT2D eigenvalue weighted by Crippen LogP contribution is -2.57. The standard InChI is InChI=1S/C28H38O6/c1-3-5-17-29-23-19-31-27(21-13-9-7-10-14-21)33-25(23)26-24(30-18-6-4-2)20-32-28(34-26)22-15-11-8-12-16-22/h7-16,23-28H,3-6,17-20H2,1-2H3/t23-,24-,25?,26?,27+,28+/m0/s1.